The second-order valence-electron chi connectivity index (χ2n) is 7.80. The van der Waals surface area contributed by atoms with Crippen molar-refractivity contribution in [2.45, 2.75) is 53.4 Å². The molecule has 0 fully saturated rings. The van der Waals surface area contributed by atoms with E-state index in [1.807, 2.05) is 50.2 Å². The van der Waals surface area contributed by atoms with Crippen molar-refractivity contribution >= 4 is 34.9 Å². The summed E-state index contributed by atoms with van der Waals surface area (Å²) >= 11 is 6.31. The number of ketones is 1. The molecule has 0 saturated heterocycles. The molecule has 1 heterocycles. The van der Waals surface area contributed by atoms with Crippen molar-refractivity contribution in [3.05, 3.63) is 69.9 Å². The summed E-state index contributed by atoms with van der Waals surface area (Å²) in [5.41, 5.74) is 4.66. The van der Waals surface area contributed by atoms with Gasteiger partial charge < -0.3 is 5.32 Å². The van der Waals surface area contributed by atoms with Gasteiger partial charge in [0.25, 0.3) is 0 Å². The van der Waals surface area contributed by atoms with Crippen LogP contribution in [-0.2, 0) is 12.8 Å². The summed E-state index contributed by atoms with van der Waals surface area (Å²) < 4.78 is 1.67. The van der Waals surface area contributed by atoms with Crippen LogP contribution >= 0.6 is 11.6 Å². The maximum atomic E-state index is 12.8. The predicted molar refractivity (Wildman–Crippen MR) is 130 cm³/mol. The van der Waals surface area contributed by atoms with Crippen LogP contribution in [0, 0.1) is 6.92 Å². The van der Waals surface area contributed by atoms with Gasteiger partial charge >= 0.3 is 6.03 Å². The molecule has 2 aromatic carbocycles. The number of nitrogens with one attached hydrogen (secondary N) is 2. The number of carbonyl (C=O) groups is 2. The van der Waals surface area contributed by atoms with Crippen molar-refractivity contribution in [1.82, 2.24) is 9.78 Å². The SMILES string of the molecule is CCCCc1cc(NC(=O)Nc2cccc(C)c2Cl)n(-c2ccc(CC)c(C(C)=O)c2)n1. The van der Waals surface area contributed by atoms with Gasteiger partial charge in [-0.25, -0.2) is 9.48 Å². The maximum Gasteiger partial charge on any atom is 0.324 e. The highest BCUT2D eigenvalue weighted by Gasteiger charge is 2.16. The number of amides is 2. The zero-order valence-corrected chi connectivity index (χ0v) is 19.7. The van der Waals surface area contributed by atoms with Crippen molar-refractivity contribution in [2.75, 3.05) is 10.6 Å². The van der Waals surface area contributed by atoms with E-state index in [1.54, 1.807) is 17.7 Å². The number of unbranched alkanes of at least 4 members (excludes halogenated alkanes) is 1. The highest BCUT2D eigenvalue weighted by atomic mass is 35.5. The molecular formula is C25H29ClN4O2. The van der Waals surface area contributed by atoms with Crippen LogP contribution in [0.5, 0.6) is 0 Å². The van der Waals surface area contributed by atoms with Crippen LogP contribution in [0.3, 0.4) is 0 Å². The number of aromatic nitrogens is 2. The average Bonchev–Trinajstić information content (AvgIpc) is 3.17. The Kier molecular flexibility index (Phi) is 7.70. The van der Waals surface area contributed by atoms with Crippen molar-refractivity contribution in [2.24, 2.45) is 0 Å². The number of carbonyl (C=O) groups excluding carboxylic acids is 2. The molecule has 7 heteroatoms. The molecule has 0 saturated carbocycles. The summed E-state index contributed by atoms with van der Waals surface area (Å²) in [5, 5.41) is 10.9. The molecule has 168 valence electrons. The molecule has 32 heavy (non-hydrogen) atoms. The van der Waals surface area contributed by atoms with Gasteiger partial charge in [0, 0.05) is 11.6 Å². The molecule has 0 atom stereocenters. The number of anilines is 2. The van der Waals surface area contributed by atoms with Crippen LogP contribution in [0.15, 0.2) is 42.5 Å². The van der Waals surface area contributed by atoms with Crippen molar-refractivity contribution in [3.63, 3.8) is 0 Å². The lowest BCUT2D eigenvalue weighted by atomic mass is 10.0. The van der Waals surface area contributed by atoms with Crippen molar-refractivity contribution in [1.29, 1.82) is 0 Å². The third-order valence-corrected chi connectivity index (χ3v) is 5.83. The number of halogens is 1. The van der Waals surface area contributed by atoms with E-state index >= 15 is 0 Å². The van der Waals surface area contributed by atoms with Crippen LogP contribution < -0.4 is 10.6 Å². The highest BCUT2D eigenvalue weighted by molar-refractivity contribution is 6.34. The van der Waals surface area contributed by atoms with Gasteiger partial charge in [0.05, 0.1) is 22.1 Å². The molecular weight excluding hydrogens is 424 g/mol. The van der Waals surface area contributed by atoms with E-state index in [2.05, 4.69) is 17.6 Å². The fraction of sp³-hybridized carbons (Fsp3) is 0.320. The molecule has 3 rings (SSSR count). The fourth-order valence-corrected chi connectivity index (χ4v) is 3.72. The molecule has 2 amide bonds. The number of urea groups is 1. The van der Waals surface area contributed by atoms with Gasteiger partial charge in [-0.2, -0.15) is 5.10 Å². The Balaban J connectivity index is 1.94. The number of hydrogen-bond acceptors (Lipinski definition) is 3. The van der Waals surface area contributed by atoms with Gasteiger partial charge in [-0.15, -0.1) is 0 Å². The number of aryl methyl sites for hydroxylation is 3. The number of rotatable bonds is 8. The van der Waals surface area contributed by atoms with Crippen LogP contribution in [0.4, 0.5) is 16.3 Å². The Hall–Kier alpha value is -3.12. The minimum Gasteiger partial charge on any atom is -0.306 e. The summed E-state index contributed by atoms with van der Waals surface area (Å²) in [4.78, 5) is 24.9. The minimum atomic E-state index is -0.419. The Bertz CT molecular complexity index is 1140. The van der Waals surface area contributed by atoms with Gasteiger partial charge in [-0.05, 0) is 62.4 Å². The van der Waals surface area contributed by atoms with E-state index in [1.165, 1.54) is 0 Å². The van der Waals surface area contributed by atoms with E-state index in [0.29, 0.717) is 22.1 Å². The quantitative estimate of drug-likeness (QED) is 0.378. The second-order valence-corrected chi connectivity index (χ2v) is 8.18. The number of benzene rings is 2. The van der Waals surface area contributed by atoms with Crippen LogP contribution in [0.1, 0.15) is 60.8 Å². The van der Waals surface area contributed by atoms with Gasteiger partial charge in [0.1, 0.15) is 5.82 Å². The second kappa shape index (κ2) is 10.5. The zero-order valence-electron chi connectivity index (χ0n) is 19.0. The topological polar surface area (TPSA) is 76.0 Å². The lowest BCUT2D eigenvalue weighted by Gasteiger charge is -2.13. The van der Waals surface area contributed by atoms with Crippen LogP contribution in [0.25, 0.3) is 5.69 Å². The molecule has 0 aliphatic carbocycles. The van der Waals surface area contributed by atoms with Gasteiger partial charge in [0.15, 0.2) is 5.78 Å². The minimum absolute atomic E-state index is 0.00315. The van der Waals surface area contributed by atoms with E-state index in [9.17, 15) is 9.59 Å². The lowest BCUT2D eigenvalue weighted by Crippen LogP contribution is -2.21. The van der Waals surface area contributed by atoms with Gasteiger partial charge in [-0.3, -0.25) is 10.1 Å². The summed E-state index contributed by atoms with van der Waals surface area (Å²) in [6, 6.07) is 12.6. The largest absolute Gasteiger partial charge is 0.324 e. The molecule has 6 nitrogen and oxygen atoms in total. The molecule has 0 spiro atoms. The Morgan fingerprint density at radius 1 is 1.09 bits per heavy atom. The smallest absolute Gasteiger partial charge is 0.306 e. The van der Waals surface area contributed by atoms with Crippen molar-refractivity contribution in [3.8, 4) is 5.69 Å². The average molecular weight is 453 g/mol. The molecule has 0 radical (unpaired) electrons. The third kappa shape index (κ3) is 5.37. The molecule has 0 bridgehead atoms. The molecule has 1 aromatic heterocycles. The van der Waals surface area contributed by atoms with Crippen LogP contribution in [-0.4, -0.2) is 21.6 Å². The van der Waals surface area contributed by atoms with E-state index < -0.39 is 6.03 Å². The van der Waals surface area contributed by atoms with Gasteiger partial charge in [0.2, 0.25) is 0 Å². The first-order chi connectivity index (χ1) is 15.3. The Morgan fingerprint density at radius 2 is 1.88 bits per heavy atom. The normalized spacial score (nSPS) is 10.8. The molecule has 0 unspecified atom stereocenters. The molecule has 2 N–H and O–H groups in total. The highest BCUT2D eigenvalue weighted by Crippen LogP contribution is 2.26. The van der Waals surface area contributed by atoms with E-state index in [-0.39, 0.29) is 5.78 Å². The standard InChI is InChI=1S/C25H29ClN4O2/c1-5-7-10-19-14-23(28-25(32)27-22-11-8-9-16(3)24(22)26)30(29-19)20-13-12-18(6-2)21(15-20)17(4)31/h8-9,11-15H,5-7,10H2,1-4H3,(H2,27,28,32). The molecule has 0 aliphatic rings. The monoisotopic (exact) mass is 452 g/mol. The first kappa shape index (κ1) is 23.5. The van der Waals surface area contributed by atoms with E-state index in [4.69, 9.17) is 16.7 Å². The van der Waals surface area contributed by atoms with Crippen molar-refractivity contribution < 1.29 is 9.59 Å². The number of Topliss-reactive ketones (excluding diaryl/α,β-unsaturated/α-hetero) is 1. The Labute approximate surface area is 194 Å². The number of nitrogens with zero attached hydrogens (tertiary/aromatic N) is 2. The fourth-order valence-electron chi connectivity index (χ4n) is 3.54. The molecule has 3 aromatic rings. The lowest BCUT2D eigenvalue weighted by molar-refractivity contribution is 0.101. The number of hydrogen-bond donors (Lipinski definition) is 2. The summed E-state index contributed by atoms with van der Waals surface area (Å²) in [6.45, 7) is 7.59. The summed E-state index contributed by atoms with van der Waals surface area (Å²) in [6.07, 6.45) is 3.60. The summed E-state index contributed by atoms with van der Waals surface area (Å²) in [7, 11) is 0. The first-order valence-corrected chi connectivity index (χ1v) is 11.3. The maximum absolute atomic E-state index is 12.8. The zero-order chi connectivity index (χ0) is 23.3. The Morgan fingerprint density at radius 3 is 2.56 bits per heavy atom. The van der Waals surface area contributed by atoms with Crippen LogP contribution in [0.2, 0.25) is 5.02 Å². The van der Waals surface area contributed by atoms with E-state index in [0.717, 1.165) is 48.2 Å². The molecule has 0 aliphatic heterocycles. The first-order valence-electron chi connectivity index (χ1n) is 10.9. The summed E-state index contributed by atoms with van der Waals surface area (Å²) in [5.74, 6) is 0.527. The third-order valence-electron chi connectivity index (χ3n) is 5.33. The predicted octanol–water partition coefficient (Wildman–Crippen LogP) is 6.59. The van der Waals surface area contributed by atoms with Gasteiger partial charge in [-0.1, -0.05) is 50.1 Å².